The Bertz CT molecular complexity index is 903. The molecule has 1 saturated heterocycles. The number of nitriles is 1. The maximum Gasteiger partial charge on any atom is 0.238 e. The van der Waals surface area contributed by atoms with E-state index in [-0.39, 0.29) is 18.3 Å². The number of benzene rings is 2. The molecule has 0 aliphatic carbocycles. The second-order valence-corrected chi connectivity index (χ2v) is 6.65. The largest absolute Gasteiger partial charge is 0.493 e. The number of anilines is 2. The van der Waals surface area contributed by atoms with Crippen LogP contribution in [0.25, 0.3) is 0 Å². The molecule has 0 spiro atoms. The Labute approximate surface area is 169 Å². The number of nitrogens with zero attached hydrogens (tertiary/aromatic N) is 3. The molecule has 1 aliphatic heterocycles. The van der Waals surface area contributed by atoms with E-state index < -0.39 is 0 Å². The van der Waals surface area contributed by atoms with Crippen LogP contribution in [0.5, 0.6) is 11.5 Å². The second kappa shape index (κ2) is 9.26. The number of amides is 1. The fourth-order valence-corrected chi connectivity index (χ4v) is 3.28. The fourth-order valence-electron chi connectivity index (χ4n) is 3.28. The molecule has 29 heavy (non-hydrogen) atoms. The zero-order valence-corrected chi connectivity index (χ0v) is 16.4. The number of methoxy groups -OCH3 is 2. The molecule has 0 atom stereocenters. The van der Waals surface area contributed by atoms with E-state index >= 15 is 0 Å². The maximum atomic E-state index is 13.1. The monoisotopic (exact) mass is 398 g/mol. The lowest BCUT2D eigenvalue weighted by atomic mass is 10.1. The number of nitrogens with one attached hydrogen (secondary N) is 1. The summed E-state index contributed by atoms with van der Waals surface area (Å²) < 4.78 is 23.5. The van der Waals surface area contributed by atoms with Crippen LogP contribution in [-0.4, -0.2) is 57.8 Å². The van der Waals surface area contributed by atoms with Crippen molar-refractivity contribution in [3.05, 3.63) is 47.8 Å². The van der Waals surface area contributed by atoms with Crippen LogP contribution in [0.3, 0.4) is 0 Å². The quantitative estimate of drug-likeness (QED) is 0.806. The van der Waals surface area contributed by atoms with E-state index in [2.05, 4.69) is 16.3 Å². The van der Waals surface area contributed by atoms with Gasteiger partial charge >= 0.3 is 0 Å². The molecule has 0 saturated carbocycles. The number of ether oxygens (including phenoxy) is 2. The average Bonchev–Trinajstić information content (AvgIpc) is 2.74. The highest BCUT2D eigenvalue weighted by atomic mass is 19.1. The summed E-state index contributed by atoms with van der Waals surface area (Å²) in [6.45, 7) is 3.14. The first-order valence-corrected chi connectivity index (χ1v) is 9.23. The minimum absolute atomic E-state index is 0.205. The lowest BCUT2D eigenvalue weighted by molar-refractivity contribution is -0.117. The molecule has 8 heteroatoms. The molecule has 0 aromatic heterocycles. The first-order chi connectivity index (χ1) is 14.0. The van der Waals surface area contributed by atoms with Gasteiger partial charge in [0.25, 0.3) is 0 Å². The molecular weight excluding hydrogens is 375 g/mol. The SMILES string of the molecule is COc1cc(C#N)c(NC(=O)CN2CCN(c3ccc(F)cc3)CC2)cc1OC. The molecule has 1 N–H and O–H groups in total. The van der Waals surface area contributed by atoms with E-state index in [0.29, 0.717) is 35.8 Å². The summed E-state index contributed by atoms with van der Waals surface area (Å²) in [4.78, 5) is 16.7. The minimum Gasteiger partial charge on any atom is -0.493 e. The molecule has 0 radical (unpaired) electrons. The van der Waals surface area contributed by atoms with Gasteiger partial charge in [-0.15, -0.1) is 0 Å². The third-order valence-corrected chi connectivity index (χ3v) is 4.85. The third kappa shape index (κ3) is 4.95. The van der Waals surface area contributed by atoms with Crippen LogP contribution < -0.4 is 19.7 Å². The Morgan fingerprint density at radius 3 is 2.31 bits per heavy atom. The highest BCUT2D eigenvalue weighted by Crippen LogP contribution is 2.33. The number of carbonyl (C=O) groups is 1. The van der Waals surface area contributed by atoms with E-state index in [1.165, 1.54) is 32.4 Å². The highest BCUT2D eigenvalue weighted by Gasteiger charge is 2.20. The Morgan fingerprint density at radius 2 is 1.72 bits per heavy atom. The molecule has 0 unspecified atom stereocenters. The summed E-state index contributed by atoms with van der Waals surface area (Å²) in [6, 6.07) is 11.6. The summed E-state index contributed by atoms with van der Waals surface area (Å²) in [5.41, 5.74) is 1.66. The highest BCUT2D eigenvalue weighted by molar-refractivity contribution is 5.94. The third-order valence-electron chi connectivity index (χ3n) is 4.85. The Hall–Kier alpha value is -3.31. The topological polar surface area (TPSA) is 77.8 Å². The van der Waals surface area contributed by atoms with Crippen molar-refractivity contribution in [1.29, 1.82) is 5.26 Å². The van der Waals surface area contributed by atoms with Crippen molar-refractivity contribution >= 4 is 17.3 Å². The molecule has 3 rings (SSSR count). The van der Waals surface area contributed by atoms with E-state index in [1.54, 1.807) is 18.2 Å². The van der Waals surface area contributed by atoms with Gasteiger partial charge in [0.05, 0.1) is 32.0 Å². The zero-order chi connectivity index (χ0) is 20.8. The van der Waals surface area contributed by atoms with Crippen molar-refractivity contribution in [1.82, 2.24) is 4.90 Å². The van der Waals surface area contributed by atoms with Gasteiger partial charge in [-0.1, -0.05) is 0 Å². The molecule has 2 aromatic carbocycles. The molecule has 1 aliphatic rings. The lowest BCUT2D eigenvalue weighted by Gasteiger charge is -2.35. The summed E-state index contributed by atoms with van der Waals surface area (Å²) >= 11 is 0. The first kappa shape index (κ1) is 20.4. The molecule has 152 valence electrons. The Morgan fingerprint density at radius 1 is 1.10 bits per heavy atom. The van der Waals surface area contributed by atoms with E-state index in [1.807, 2.05) is 4.90 Å². The molecule has 1 amide bonds. The van der Waals surface area contributed by atoms with Gasteiger partial charge in [0.15, 0.2) is 11.5 Å². The summed E-state index contributed by atoms with van der Waals surface area (Å²) in [5, 5.41) is 12.1. The van der Waals surface area contributed by atoms with Crippen LogP contribution in [0.4, 0.5) is 15.8 Å². The van der Waals surface area contributed by atoms with E-state index in [4.69, 9.17) is 9.47 Å². The number of rotatable bonds is 6. The van der Waals surface area contributed by atoms with Crippen LogP contribution in [0.1, 0.15) is 5.56 Å². The van der Waals surface area contributed by atoms with Gasteiger partial charge in [-0.25, -0.2) is 4.39 Å². The van der Waals surface area contributed by atoms with Crippen molar-refractivity contribution in [3.8, 4) is 17.6 Å². The van der Waals surface area contributed by atoms with Crippen LogP contribution in [0.15, 0.2) is 36.4 Å². The number of carbonyl (C=O) groups excluding carboxylic acids is 1. The van der Waals surface area contributed by atoms with Crippen molar-refractivity contribution in [2.24, 2.45) is 0 Å². The summed E-state index contributed by atoms with van der Waals surface area (Å²) in [6.07, 6.45) is 0. The molecule has 7 nitrogen and oxygen atoms in total. The second-order valence-electron chi connectivity index (χ2n) is 6.65. The minimum atomic E-state index is -0.254. The van der Waals surface area contributed by atoms with E-state index in [0.717, 1.165) is 18.8 Å². The van der Waals surface area contributed by atoms with Crippen molar-refractivity contribution in [2.45, 2.75) is 0 Å². The van der Waals surface area contributed by atoms with E-state index in [9.17, 15) is 14.4 Å². The number of halogens is 1. The van der Waals surface area contributed by atoms with Crippen molar-refractivity contribution in [2.75, 3.05) is 57.2 Å². The standard InChI is InChI=1S/C21H23FN4O3/c1-28-19-11-15(13-23)18(12-20(19)29-2)24-21(27)14-25-7-9-26(10-8-25)17-5-3-16(22)4-6-17/h3-6,11-12H,7-10,14H2,1-2H3,(H,24,27). The Kier molecular flexibility index (Phi) is 6.52. The van der Waals surface area contributed by atoms with Crippen LogP contribution >= 0.6 is 0 Å². The predicted molar refractivity (Wildman–Crippen MR) is 108 cm³/mol. The van der Waals surface area contributed by atoms with Gasteiger partial charge in [-0.2, -0.15) is 5.26 Å². The van der Waals surface area contributed by atoms with Gasteiger partial charge in [0, 0.05) is 44.0 Å². The fraction of sp³-hybridized carbons (Fsp3) is 0.333. The smallest absolute Gasteiger partial charge is 0.238 e. The lowest BCUT2D eigenvalue weighted by Crippen LogP contribution is -2.48. The van der Waals surface area contributed by atoms with Crippen molar-refractivity contribution < 1.29 is 18.7 Å². The normalized spacial score (nSPS) is 14.2. The maximum absolute atomic E-state index is 13.1. The molecule has 1 heterocycles. The summed E-state index contributed by atoms with van der Waals surface area (Å²) in [7, 11) is 2.99. The first-order valence-electron chi connectivity index (χ1n) is 9.23. The molecule has 2 aromatic rings. The molecule has 1 fully saturated rings. The number of hydrogen-bond donors (Lipinski definition) is 1. The number of piperazine rings is 1. The van der Waals surface area contributed by atoms with Crippen LogP contribution in [0.2, 0.25) is 0 Å². The predicted octanol–water partition coefficient (Wildman–Crippen LogP) is 2.48. The van der Waals surface area contributed by atoms with Gasteiger partial charge in [0.1, 0.15) is 11.9 Å². The Balaban J connectivity index is 1.58. The molecule has 0 bridgehead atoms. The molecular formula is C21H23FN4O3. The average molecular weight is 398 g/mol. The zero-order valence-electron chi connectivity index (χ0n) is 16.4. The van der Waals surface area contributed by atoms with Crippen molar-refractivity contribution in [3.63, 3.8) is 0 Å². The van der Waals surface area contributed by atoms with Crippen LogP contribution in [0, 0.1) is 17.1 Å². The number of hydrogen-bond acceptors (Lipinski definition) is 6. The van der Waals surface area contributed by atoms with Gasteiger partial charge in [-0.3, -0.25) is 9.69 Å². The van der Waals surface area contributed by atoms with Gasteiger partial charge in [-0.05, 0) is 24.3 Å². The summed E-state index contributed by atoms with van der Waals surface area (Å²) in [5.74, 6) is 0.411. The van der Waals surface area contributed by atoms with Crippen LogP contribution in [-0.2, 0) is 4.79 Å². The van der Waals surface area contributed by atoms with Gasteiger partial charge < -0.3 is 19.7 Å². The van der Waals surface area contributed by atoms with Gasteiger partial charge in [0.2, 0.25) is 5.91 Å².